The average molecular weight is 264 g/mol. The van der Waals surface area contributed by atoms with Gasteiger partial charge in [0.2, 0.25) is 10.0 Å². The third-order valence-corrected chi connectivity index (χ3v) is 4.48. The molecule has 0 saturated carbocycles. The number of nitrogens with one attached hydrogen (secondary N) is 1. The van der Waals surface area contributed by atoms with Crippen LogP contribution in [0.25, 0.3) is 0 Å². The molecule has 90 valence electrons. The second-order valence-electron chi connectivity index (χ2n) is 3.52. The van der Waals surface area contributed by atoms with Gasteiger partial charge in [-0.15, -0.1) is 12.4 Å². The third-order valence-electron chi connectivity index (χ3n) is 2.59. The maximum Gasteiger partial charge on any atom is 0.244 e. The summed E-state index contributed by atoms with van der Waals surface area (Å²) in [6, 6.07) is 3.25. The molecule has 1 saturated heterocycles. The zero-order chi connectivity index (χ0) is 10.9. The first-order valence-electron chi connectivity index (χ1n) is 4.71. The van der Waals surface area contributed by atoms with Crippen LogP contribution in [0.2, 0.25) is 0 Å². The van der Waals surface area contributed by atoms with Gasteiger partial charge in [0.25, 0.3) is 0 Å². The van der Waals surface area contributed by atoms with Gasteiger partial charge in [-0.3, -0.25) is 4.98 Å². The maximum atomic E-state index is 12.0. The highest BCUT2D eigenvalue weighted by Crippen LogP contribution is 2.16. The molecule has 7 heteroatoms. The van der Waals surface area contributed by atoms with Crippen LogP contribution in [0.5, 0.6) is 0 Å². The summed E-state index contributed by atoms with van der Waals surface area (Å²) in [6.45, 7) is 1.44. The number of nitrogens with zero attached hydrogens (tertiary/aromatic N) is 2. The second kappa shape index (κ2) is 5.09. The molecule has 0 radical (unpaired) electrons. The van der Waals surface area contributed by atoms with Gasteiger partial charge in [0.1, 0.15) is 4.90 Å². The lowest BCUT2D eigenvalue weighted by Gasteiger charge is -2.34. The molecule has 1 aromatic rings. The lowest BCUT2D eigenvalue weighted by molar-refractivity contribution is 0.274. The van der Waals surface area contributed by atoms with E-state index >= 15 is 0 Å². The van der Waals surface area contributed by atoms with E-state index in [2.05, 4.69) is 10.3 Å². The van der Waals surface area contributed by atoms with E-state index in [1.807, 2.05) is 0 Å². The van der Waals surface area contributed by atoms with E-state index in [0.717, 1.165) is 13.1 Å². The summed E-state index contributed by atoms with van der Waals surface area (Å²) in [5.74, 6) is 0. The van der Waals surface area contributed by atoms with Gasteiger partial charge in [-0.2, -0.15) is 4.31 Å². The molecule has 0 bridgehead atoms. The summed E-state index contributed by atoms with van der Waals surface area (Å²) < 4.78 is 25.5. The molecule has 1 aliphatic rings. The maximum absolute atomic E-state index is 12.0. The van der Waals surface area contributed by atoms with Crippen molar-refractivity contribution in [3.63, 3.8) is 0 Å². The van der Waals surface area contributed by atoms with Crippen molar-refractivity contribution in [3.8, 4) is 0 Å². The summed E-state index contributed by atoms with van der Waals surface area (Å²) in [7, 11) is -1.76. The fourth-order valence-electron chi connectivity index (χ4n) is 1.39. The van der Waals surface area contributed by atoms with Crippen LogP contribution in [0.3, 0.4) is 0 Å². The Labute approximate surface area is 101 Å². The fraction of sp³-hybridized carbons (Fsp3) is 0.444. The molecule has 2 heterocycles. The Morgan fingerprint density at radius 3 is 2.62 bits per heavy atom. The SMILES string of the molecule is CN(C1CNC1)S(=O)(=O)c1cccnc1.Cl. The van der Waals surface area contributed by atoms with Crippen LogP contribution < -0.4 is 5.32 Å². The molecule has 1 aromatic heterocycles. The first-order chi connectivity index (χ1) is 7.12. The van der Waals surface area contributed by atoms with Crippen molar-refractivity contribution < 1.29 is 8.42 Å². The summed E-state index contributed by atoms with van der Waals surface area (Å²) in [5, 5.41) is 3.04. The second-order valence-corrected chi connectivity index (χ2v) is 5.52. The Bertz CT molecular complexity index is 433. The zero-order valence-electron chi connectivity index (χ0n) is 8.83. The van der Waals surface area contributed by atoms with Crippen molar-refractivity contribution in [2.45, 2.75) is 10.9 Å². The molecule has 1 aliphatic heterocycles. The normalized spacial score (nSPS) is 16.6. The molecule has 0 atom stereocenters. The number of likely N-dealkylation sites (N-methyl/N-ethyl adjacent to an activating group) is 1. The molecular formula is C9H14ClN3O2S. The van der Waals surface area contributed by atoms with E-state index in [4.69, 9.17) is 0 Å². The van der Waals surface area contributed by atoms with Crippen LogP contribution in [0.4, 0.5) is 0 Å². The minimum absolute atomic E-state index is 0. The van der Waals surface area contributed by atoms with Crippen LogP contribution in [0.1, 0.15) is 0 Å². The van der Waals surface area contributed by atoms with Crippen LogP contribution in [0, 0.1) is 0 Å². The Hall–Kier alpha value is -0.690. The number of hydrogen-bond acceptors (Lipinski definition) is 4. The third kappa shape index (κ3) is 2.35. The predicted octanol–water partition coefficient (Wildman–Crippen LogP) is 0.0957. The smallest absolute Gasteiger partial charge is 0.244 e. The van der Waals surface area contributed by atoms with Gasteiger partial charge in [0.05, 0.1) is 0 Å². The predicted molar refractivity (Wildman–Crippen MR) is 63.1 cm³/mol. The molecule has 16 heavy (non-hydrogen) atoms. The monoisotopic (exact) mass is 263 g/mol. The Kier molecular flexibility index (Phi) is 4.26. The molecule has 0 aromatic carbocycles. The van der Waals surface area contributed by atoms with Crippen molar-refractivity contribution >= 4 is 22.4 Å². The number of rotatable bonds is 3. The van der Waals surface area contributed by atoms with Gasteiger partial charge in [-0.1, -0.05) is 0 Å². The lowest BCUT2D eigenvalue weighted by atomic mass is 10.2. The topological polar surface area (TPSA) is 62.3 Å². The van der Waals surface area contributed by atoms with Gasteiger partial charge in [-0.25, -0.2) is 8.42 Å². The van der Waals surface area contributed by atoms with Crippen molar-refractivity contribution in [3.05, 3.63) is 24.5 Å². The van der Waals surface area contributed by atoms with Gasteiger partial charge in [0, 0.05) is 38.6 Å². The number of hydrogen-bond donors (Lipinski definition) is 1. The summed E-state index contributed by atoms with van der Waals surface area (Å²) in [4.78, 5) is 4.06. The van der Waals surface area contributed by atoms with Crippen LogP contribution >= 0.6 is 12.4 Å². The first kappa shape index (κ1) is 13.4. The van der Waals surface area contributed by atoms with E-state index in [0.29, 0.717) is 0 Å². The molecule has 1 fully saturated rings. The van der Waals surface area contributed by atoms with Gasteiger partial charge in [-0.05, 0) is 12.1 Å². The first-order valence-corrected chi connectivity index (χ1v) is 6.15. The minimum Gasteiger partial charge on any atom is -0.313 e. The van der Waals surface area contributed by atoms with E-state index in [1.165, 1.54) is 10.5 Å². The minimum atomic E-state index is -3.37. The van der Waals surface area contributed by atoms with E-state index < -0.39 is 10.0 Å². The number of halogens is 1. The van der Waals surface area contributed by atoms with E-state index in [-0.39, 0.29) is 23.3 Å². The number of pyridine rings is 1. The molecule has 0 aliphatic carbocycles. The number of sulfonamides is 1. The van der Waals surface area contributed by atoms with Gasteiger partial charge >= 0.3 is 0 Å². The van der Waals surface area contributed by atoms with Gasteiger partial charge < -0.3 is 5.32 Å². The molecule has 0 amide bonds. The summed E-state index contributed by atoms with van der Waals surface area (Å²) >= 11 is 0. The molecule has 0 unspecified atom stereocenters. The molecule has 1 N–H and O–H groups in total. The van der Waals surface area contributed by atoms with E-state index in [9.17, 15) is 8.42 Å². The van der Waals surface area contributed by atoms with Crippen molar-refractivity contribution in [2.75, 3.05) is 20.1 Å². The Balaban J connectivity index is 0.00000128. The van der Waals surface area contributed by atoms with Crippen LogP contribution in [-0.4, -0.2) is 43.9 Å². The van der Waals surface area contributed by atoms with E-state index in [1.54, 1.807) is 25.4 Å². The number of aromatic nitrogens is 1. The Morgan fingerprint density at radius 2 is 2.19 bits per heavy atom. The Morgan fingerprint density at radius 1 is 1.50 bits per heavy atom. The highest BCUT2D eigenvalue weighted by atomic mass is 35.5. The quantitative estimate of drug-likeness (QED) is 0.840. The average Bonchev–Trinajstić information content (AvgIpc) is 2.16. The zero-order valence-corrected chi connectivity index (χ0v) is 10.5. The molecular weight excluding hydrogens is 250 g/mol. The van der Waals surface area contributed by atoms with Gasteiger partial charge in [0.15, 0.2) is 0 Å². The summed E-state index contributed by atoms with van der Waals surface area (Å²) in [6.07, 6.45) is 2.93. The van der Waals surface area contributed by atoms with Crippen LogP contribution in [0.15, 0.2) is 29.4 Å². The van der Waals surface area contributed by atoms with Crippen molar-refractivity contribution in [1.82, 2.24) is 14.6 Å². The summed E-state index contributed by atoms with van der Waals surface area (Å²) in [5.41, 5.74) is 0. The molecule has 5 nitrogen and oxygen atoms in total. The highest BCUT2D eigenvalue weighted by Gasteiger charge is 2.31. The molecule has 0 spiro atoms. The van der Waals surface area contributed by atoms with Crippen LogP contribution in [-0.2, 0) is 10.0 Å². The van der Waals surface area contributed by atoms with Crippen molar-refractivity contribution in [1.29, 1.82) is 0 Å². The molecule has 2 rings (SSSR count). The lowest BCUT2D eigenvalue weighted by Crippen LogP contribution is -2.57. The highest BCUT2D eigenvalue weighted by molar-refractivity contribution is 7.89. The fourth-order valence-corrected chi connectivity index (χ4v) is 2.71. The largest absolute Gasteiger partial charge is 0.313 e. The van der Waals surface area contributed by atoms with Crippen molar-refractivity contribution in [2.24, 2.45) is 0 Å². The standard InChI is InChI=1S/C9H13N3O2S.ClH/c1-12(8-5-11-6-8)15(13,14)9-3-2-4-10-7-9;/h2-4,7-8,11H,5-6H2,1H3;1H.